The first-order valence-corrected chi connectivity index (χ1v) is 6.46. The normalized spacial score (nSPS) is 10.3. The van der Waals surface area contributed by atoms with Gasteiger partial charge in [-0.1, -0.05) is 34.1 Å². The minimum Gasteiger partial charge on any atom is -0.352 e. The second-order valence-electron chi connectivity index (χ2n) is 4.00. The van der Waals surface area contributed by atoms with E-state index in [1.807, 2.05) is 24.3 Å². The van der Waals surface area contributed by atoms with Crippen LogP contribution < -0.4 is 5.32 Å². The van der Waals surface area contributed by atoms with Crippen LogP contribution in [0.2, 0.25) is 0 Å². The number of nitrogens with zero attached hydrogens (tertiary/aromatic N) is 2. The van der Waals surface area contributed by atoms with Crippen molar-refractivity contribution in [2.45, 2.75) is 6.42 Å². The van der Waals surface area contributed by atoms with E-state index in [4.69, 9.17) is 0 Å². The third kappa shape index (κ3) is 3.20. The summed E-state index contributed by atoms with van der Waals surface area (Å²) in [6.07, 6.45) is 4.06. The Morgan fingerprint density at radius 3 is 2.89 bits per heavy atom. The van der Waals surface area contributed by atoms with Gasteiger partial charge in [-0.25, -0.2) is 0 Å². The van der Waals surface area contributed by atoms with Gasteiger partial charge in [0.2, 0.25) is 0 Å². The zero-order valence-corrected chi connectivity index (χ0v) is 11.6. The van der Waals surface area contributed by atoms with Crippen molar-refractivity contribution in [3.05, 3.63) is 52.3 Å². The summed E-state index contributed by atoms with van der Waals surface area (Å²) in [5, 5.41) is 6.84. The highest BCUT2D eigenvalue weighted by molar-refractivity contribution is 9.10. The minimum absolute atomic E-state index is 0.0878. The van der Waals surface area contributed by atoms with E-state index >= 15 is 0 Å². The Bertz CT molecular complexity index is 551. The molecule has 0 fully saturated rings. The first-order valence-electron chi connectivity index (χ1n) is 5.67. The van der Waals surface area contributed by atoms with Gasteiger partial charge in [0.05, 0.1) is 11.8 Å². The molecule has 1 amide bonds. The second kappa shape index (κ2) is 5.82. The second-order valence-corrected chi connectivity index (χ2v) is 4.85. The number of hydrogen-bond donors (Lipinski definition) is 1. The molecule has 18 heavy (non-hydrogen) atoms. The fraction of sp³-hybridized carbons (Fsp3) is 0.231. The summed E-state index contributed by atoms with van der Waals surface area (Å²) in [6.45, 7) is 0.607. The van der Waals surface area contributed by atoms with Crippen molar-refractivity contribution in [3.63, 3.8) is 0 Å². The Balaban J connectivity index is 1.86. The van der Waals surface area contributed by atoms with Gasteiger partial charge in [0, 0.05) is 24.3 Å². The molecule has 2 aromatic rings. The van der Waals surface area contributed by atoms with Gasteiger partial charge in [-0.2, -0.15) is 5.10 Å². The zero-order valence-electron chi connectivity index (χ0n) is 10.1. The van der Waals surface area contributed by atoms with E-state index in [0.29, 0.717) is 12.1 Å². The molecule has 0 aliphatic heterocycles. The predicted molar refractivity (Wildman–Crippen MR) is 73.4 cm³/mol. The van der Waals surface area contributed by atoms with E-state index in [0.717, 1.165) is 10.9 Å². The summed E-state index contributed by atoms with van der Waals surface area (Å²) in [4.78, 5) is 11.8. The van der Waals surface area contributed by atoms with Crippen LogP contribution in [-0.4, -0.2) is 22.2 Å². The molecule has 0 bridgehead atoms. The van der Waals surface area contributed by atoms with Crippen molar-refractivity contribution in [1.29, 1.82) is 0 Å². The van der Waals surface area contributed by atoms with Gasteiger partial charge in [0.25, 0.3) is 5.91 Å². The van der Waals surface area contributed by atoms with Crippen molar-refractivity contribution in [2.75, 3.05) is 6.54 Å². The average molecular weight is 308 g/mol. The number of rotatable bonds is 4. The molecule has 4 nitrogen and oxygen atoms in total. The predicted octanol–water partition coefficient (Wildman–Crippen LogP) is 2.16. The van der Waals surface area contributed by atoms with E-state index in [-0.39, 0.29) is 5.91 Å². The lowest BCUT2D eigenvalue weighted by molar-refractivity contribution is 0.0954. The summed E-state index contributed by atoms with van der Waals surface area (Å²) in [6, 6.07) is 8.00. The van der Waals surface area contributed by atoms with Crippen LogP contribution in [0.25, 0.3) is 0 Å². The van der Waals surface area contributed by atoms with Crippen molar-refractivity contribution in [2.24, 2.45) is 7.05 Å². The topological polar surface area (TPSA) is 46.9 Å². The summed E-state index contributed by atoms with van der Waals surface area (Å²) in [7, 11) is 1.79. The summed E-state index contributed by atoms with van der Waals surface area (Å²) in [5.74, 6) is -0.0878. The minimum atomic E-state index is -0.0878. The smallest absolute Gasteiger partial charge is 0.254 e. The van der Waals surface area contributed by atoms with Gasteiger partial charge >= 0.3 is 0 Å². The third-order valence-electron chi connectivity index (χ3n) is 2.60. The van der Waals surface area contributed by atoms with Crippen LogP contribution in [0.1, 0.15) is 15.9 Å². The molecule has 1 aromatic heterocycles. The molecule has 0 saturated carbocycles. The Hall–Kier alpha value is -1.62. The number of aromatic nitrogens is 2. The Morgan fingerprint density at radius 1 is 1.44 bits per heavy atom. The maximum atomic E-state index is 11.8. The quantitative estimate of drug-likeness (QED) is 0.941. The van der Waals surface area contributed by atoms with Crippen LogP contribution in [0.5, 0.6) is 0 Å². The fourth-order valence-electron chi connectivity index (χ4n) is 1.65. The SMILES string of the molecule is Cn1cc(C(=O)NCCc2ccccc2Br)cn1. The van der Waals surface area contributed by atoms with Gasteiger partial charge < -0.3 is 5.32 Å². The molecular formula is C13H14BrN3O. The van der Waals surface area contributed by atoms with Crippen molar-refractivity contribution in [3.8, 4) is 0 Å². The molecule has 1 aromatic carbocycles. The van der Waals surface area contributed by atoms with E-state index in [2.05, 4.69) is 26.3 Å². The van der Waals surface area contributed by atoms with Gasteiger partial charge in [0.1, 0.15) is 0 Å². The molecule has 1 N–H and O–H groups in total. The van der Waals surface area contributed by atoms with E-state index in [9.17, 15) is 4.79 Å². The van der Waals surface area contributed by atoms with Crippen LogP contribution in [0.3, 0.4) is 0 Å². The van der Waals surface area contributed by atoms with Crippen LogP contribution >= 0.6 is 15.9 Å². The number of carbonyl (C=O) groups excluding carboxylic acids is 1. The molecule has 0 aliphatic carbocycles. The third-order valence-corrected chi connectivity index (χ3v) is 3.38. The first-order chi connectivity index (χ1) is 8.66. The number of nitrogens with one attached hydrogen (secondary N) is 1. The lowest BCUT2D eigenvalue weighted by Crippen LogP contribution is -2.25. The molecule has 0 unspecified atom stereocenters. The molecular weight excluding hydrogens is 294 g/mol. The highest BCUT2D eigenvalue weighted by atomic mass is 79.9. The van der Waals surface area contributed by atoms with Crippen molar-refractivity contribution >= 4 is 21.8 Å². The number of amides is 1. The maximum absolute atomic E-state index is 11.8. The lowest BCUT2D eigenvalue weighted by Gasteiger charge is -2.05. The average Bonchev–Trinajstić information content (AvgIpc) is 2.78. The highest BCUT2D eigenvalue weighted by Gasteiger charge is 2.07. The first kappa shape index (κ1) is 12.8. The van der Waals surface area contributed by atoms with Gasteiger partial charge in [-0.3, -0.25) is 9.48 Å². The van der Waals surface area contributed by atoms with Gasteiger partial charge in [-0.05, 0) is 18.1 Å². The summed E-state index contributed by atoms with van der Waals surface area (Å²) < 4.78 is 2.68. The number of halogens is 1. The molecule has 94 valence electrons. The van der Waals surface area contributed by atoms with Crippen LogP contribution in [0.4, 0.5) is 0 Å². The van der Waals surface area contributed by atoms with Gasteiger partial charge in [-0.15, -0.1) is 0 Å². The standard InChI is InChI=1S/C13H14BrN3O/c1-17-9-11(8-16-17)13(18)15-7-6-10-4-2-3-5-12(10)14/h2-5,8-9H,6-7H2,1H3,(H,15,18). The molecule has 1 heterocycles. The summed E-state index contributed by atoms with van der Waals surface area (Å²) >= 11 is 3.49. The molecule has 0 spiro atoms. The number of benzene rings is 1. The highest BCUT2D eigenvalue weighted by Crippen LogP contribution is 2.15. The molecule has 5 heteroatoms. The van der Waals surface area contributed by atoms with E-state index in [1.165, 1.54) is 5.56 Å². The van der Waals surface area contributed by atoms with E-state index in [1.54, 1.807) is 24.1 Å². The molecule has 0 saturated heterocycles. The lowest BCUT2D eigenvalue weighted by atomic mass is 10.1. The molecule has 2 rings (SSSR count). The van der Waals surface area contributed by atoms with E-state index < -0.39 is 0 Å². The van der Waals surface area contributed by atoms with Crippen LogP contribution in [0.15, 0.2) is 41.1 Å². The molecule has 0 atom stereocenters. The maximum Gasteiger partial charge on any atom is 0.254 e. The molecule has 0 radical (unpaired) electrons. The van der Waals surface area contributed by atoms with Crippen molar-refractivity contribution < 1.29 is 4.79 Å². The molecule has 0 aliphatic rings. The Labute approximate surface area is 114 Å². The zero-order chi connectivity index (χ0) is 13.0. The fourth-order valence-corrected chi connectivity index (χ4v) is 2.14. The van der Waals surface area contributed by atoms with Crippen LogP contribution in [0, 0.1) is 0 Å². The van der Waals surface area contributed by atoms with Crippen LogP contribution in [-0.2, 0) is 13.5 Å². The largest absolute Gasteiger partial charge is 0.352 e. The summed E-state index contributed by atoms with van der Waals surface area (Å²) in [5.41, 5.74) is 1.77. The Kier molecular flexibility index (Phi) is 4.15. The Morgan fingerprint density at radius 2 is 2.22 bits per heavy atom. The van der Waals surface area contributed by atoms with Crippen molar-refractivity contribution in [1.82, 2.24) is 15.1 Å². The number of aryl methyl sites for hydroxylation is 1. The monoisotopic (exact) mass is 307 g/mol. The number of carbonyl (C=O) groups is 1. The van der Waals surface area contributed by atoms with Gasteiger partial charge in [0.15, 0.2) is 0 Å². The number of hydrogen-bond acceptors (Lipinski definition) is 2.